The van der Waals surface area contributed by atoms with Crippen molar-refractivity contribution in [3.63, 3.8) is 0 Å². The van der Waals surface area contributed by atoms with Crippen LogP contribution in [-0.2, 0) is 0 Å². The van der Waals surface area contributed by atoms with Crippen molar-refractivity contribution in [2.45, 2.75) is 13.8 Å². The van der Waals surface area contributed by atoms with Gasteiger partial charge in [-0.3, -0.25) is 0 Å². The van der Waals surface area contributed by atoms with Gasteiger partial charge in [0.1, 0.15) is 5.75 Å². The van der Waals surface area contributed by atoms with Gasteiger partial charge in [-0.2, -0.15) is 5.10 Å². The van der Waals surface area contributed by atoms with Crippen molar-refractivity contribution in [1.82, 2.24) is 14.8 Å². The van der Waals surface area contributed by atoms with Crippen molar-refractivity contribution in [2.24, 2.45) is 0 Å². The quantitative estimate of drug-likeness (QED) is 0.573. The number of pyridine rings is 1. The Bertz CT molecular complexity index is 1190. The molecule has 0 saturated carbocycles. The summed E-state index contributed by atoms with van der Waals surface area (Å²) in [7, 11) is 1.61. The first kappa shape index (κ1) is 17.7. The second-order valence-corrected chi connectivity index (χ2v) is 6.62. The number of rotatable bonds is 4. The summed E-state index contributed by atoms with van der Waals surface area (Å²) in [5.74, 6) is -0.342. The molecule has 0 saturated heterocycles. The number of nitrogens with zero attached hydrogens (tertiary/aromatic N) is 3. The predicted octanol–water partition coefficient (Wildman–Crippen LogP) is 4.41. The number of carboxylic acid groups (broad SMARTS) is 1. The van der Waals surface area contributed by atoms with E-state index in [0.717, 1.165) is 39.2 Å². The van der Waals surface area contributed by atoms with Gasteiger partial charge in [0.15, 0.2) is 11.3 Å². The van der Waals surface area contributed by atoms with E-state index in [1.54, 1.807) is 17.9 Å². The zero-order valence-electron chi connectivity index (χ0n) is 15.8. The van der Waals surface area contributed by atoms with Crippen LogP contribution in [0.2, 0.25) is 0 Å². The Labute approximate surface area is 162 Å². The van der Waals surface area contributed by atoms with Gasteiger partial charge in [0, 0.05) is 0 Å². The van der Waals surface area contributed by atoms with Gasteiger partial charge in [-0.1, -0.05) is 24.3 Å². The Balaban J connectivity index is 2.03. The minimum absolute atomic E-state index is 0.0212. The summed E-state index contributed by atoms with van der Waals surface area (Å²) >= 11 is 0. The molecule has 4 aromatic rings. The fourth-order valence-corrected chi connectivity index (χ4v) is 3.34. The molecule has 0 unspecified atom stereocenters. The molecule has 2 heterocycles. The number of aromatic nitrogens is 3. The number of ether oxygens (including phenoxy) is 1. The summed E-state index contributed by atoms with van der Waals surface area (Å²) in [5.41, 5.74) is 4.87. The van der Waals surface area contributed by atoms with Crippen LogP contribution in [0.1, 0.15) is 21.7 Å². The average Bonchev–Trinajstić information content (AvgIpc) is 3.04. The number of benzene rings is 2. The summed E-state index contributed by atoms with van der Waals surface area (Å²) in [6.07, 6.45) is 0. The highest BCUT2D eigenvalue weighted by atomic mass is 16.5. The van der Waals surface area contributed by atoms with Gasteiger partial charge in [0.25, 0.3) is 0 Å². The molecule has 6 heteroatoms. The lowest BCUT2D eigenvalue weighted by Gasteiger charge is -2.09. The highest BCUT2D eigenvalue weighted by Gasteiger charge is 2.19. The molecule has 0 aliphatic rings. The molecule has 6 nitrogen and oxygen atoms in total. The molecule has 0 radical (unpaired) electrons. The molecule has 2 aromatic heterocycles. The summed E-state index contributed by atoms with van der Waals surface area (Å²) in [5, 5.41) is 15.1. The van der Waals surface area contributed by atoms with Crippen LogP contribution in [0.25, 0.3) is 27.8 Å². The number of carboxylic acids is 1. The number of fused-ring (bicyclic) bond motifs is 1. The SMILES string of the molecule is COc1ccc(-c2cc(C(=O)O)nc3c2c(C)nn3-c2cccc(C)c2)cc1. The number of aryl methyl sites for hydroxylation is 2. The maximum atomic E-state index is 11.7. The molecule has 0 aliphatic heterocycles. The van der Waals surface area contributed by atoms with Crippen LogP contribution < -0.4 is 4.74 Å². The van der Waals surface area contributed by atoms with E-state index in [-0.39, 0.29) is 5.69 Å². The van der Waals surface area contributed by atoms with Crippen LogP contribution in [0.4, 0.5) is 0 Å². The average molecular weight is 373 g/mol. The van der Waals surface area contributed by atoms with Crippen LogP contribution in [0.5, 0.6) is 5.75 Å². The van der Waals surface area contributed by atoms with Crippen LogP contribution >= 0.6 is 0 Å². The normalized spacial score (nSPS) is 11.0. The van der Waals surface area contributed by atoms with Crippen molar-refractivity contribution in [1.29, 1.82) is 0 Å². The van der Waals surface area contributed by atoms with Gasteiger partial charge < -0.3 is 9.84 Å². The third-order valence-corrected chi connectivity index (χ3v) is 4.68. The molecule has 0 spiro atoms. The Morgan fingerprint density at radius 3 is 2.46 bits per heavy atom. The number of carbonyl (C=O) groups is 1. The molecular weight excluding hydrogens is 354 g/mol. The topological polar surface area (TPSA) is 77.2 Å². The number of hydrogen-bond acceptors (Lipinski definition) is 4. The van der Waals surface area contributed by atoms with Gasteiger partial charge >= 0.3 is 5.97 Å². The second-order valence-electron chi connectivity index (χ2n) is 6.62. The molecule has 28 heavy (non-hydrogen) atoms. The molecule has 2 aromatic carbocycles. The van der Waals surface area contributed by atoms with E-state index < -0.39 is 5.97 Å². The standard InChI is InChI=1S/C22H19N3O3/c1-13-5-4-6-16(11-13)25-21-20(14(2)24-25)18(12-19(23-21)22(26)27)15-7-9-17(28-3)10-8-15/h4-12H,1-3H3,(H,26,27). The van der Waals surface area contributed by atoms with Crippen LogP contribution in [0, 0.1) is 13.8 Å². The Hall–Kier alpha value is -3.67. The summed E-state index contributed by atoms with van der Waals surface area (Å²) in [6, 6.07) is 17.0. The first-order valence-corrected chi connectivity index (χ1v) is 8.83. The maximum Gasteiger partial charge on any atom is 0.354 e. The minimum atomic E-state index is -1.08. The van der Waals surface area contributed by atoms with Crippen LogP contribution in [0.15, 0.2) is 54.6 Å². The van der Waals surface area contributed by atoms with Crippen LogP contribution in [0.3, 0.4) is 0 Å². The molecular formula is C22H19N3O3. The Morgan fingerprint density at radius 2 is 1.82 bits per heavy atom. The van der Waals surface area contributed by atoms with Crippen molar-refractivity contribution >= 4 is 17.0 Å². The molecule has 0 fully saturated rings. The molecule has 0 bridgehead atoms. The summed E-state index contributed by atoms with van der Waals surface area (Å²) in [4.78, 5) is 16.1. The van der Waals surface area contributed by atoms with Gasteiger partial charge in [0.05, 0.1) is 23.9 Å². The fourth-order valence-electron chi connectivity index (χ4n) is 3.34. The maximum absolute atomic E-state index is 11.7. The van der Waals surface area contributed by atoms with Crippen molar-refractivity contribution in [2.75, 3.05) is 7.11 Å². The van der Waals surface area contributed by atoms with E-state index >= 15 is 0 Å². The highest BCUT2D eigenvalue weighted by Crippen LogP contribution is 2.33. The van der Waals surface area contributed by atoms with E-state index in [0.29, 0.717) is 5.65 Å². The van der Waals surface area contributed by atoms with E-state index in [1.807, 2.05) is 62.4 Å². The first-order valence-electron chi connectivity index (χ1n) is 8.83. The van der Waals surface area contributed by atoms with Crippen molar-refractivity contribution in [3.05, 3.63) is 71.5 Å². The molecule has 140 valence electrons. The second kappa shape index (κ2) is 6.81. The molecule has 1 N–H and O–H groups in total. The van der Waals surface area contributed by atoms with Crippen molar-refractivity contribution in [3.8, 4) is 22.6 Å². The van der Waals surface area contributed by atoms with Gasteiger partial charge in [0.2, 0.25) is 0 Å². The largest absolute Gasteiger partial charge is 0.497 e. The monoisotopic (exact) mass is 373 g/mol. The lowest BCUT2D eigenvalue weighted by atomic mass is 10.0. The predicted molar refractivity (Wildman–Crippen MR) is 107 cm³/mol. The molecule has 4 rings (SSSR count). The first-order chi connectivity index (χ1) is 13.5. The Kier molecular flexibility index (Phi) is 4.31. The zero-order chi connectivity index (χ0) is 19.8. The van der Waals surface area contributed by atoms with Gasteiger partial charge in [-0.25, -0.2) is 14.5 Å². The highest BCUT2D eigenvalue weighted by molar-refractivity contribution is 5.99. The smallest absolute Gasteiger partial charge is 0.354 e. The molecule has 0 aliphatic carbocycles. The summed E-state index contributed by atoms with van der Waals surface area (Å²) in [6.45, 7) is 3.91. The third-order valence-electron chi connectivity index (χ3n) is 4.68. The lowest BCUT2D eigenvalue weighted by Crippen LogP contribution is -2.04. The fraction of sp³-hybridized carbons (Fsp3) is 0.136. The number of methoxy groups -OCH3 is 1. The third kappa shape index (κ3) is 2.99. The molecule has 0 atom stereocenters. The Morgan fingerprint density at radius 1 is 1.07 bits per heavy atom. The van der Waals surface area contributed by atoms with Crippen molar-refractivity contribution < 1.29 is 14.6 Å². The lowest BCUT2D eigenvalue weighted by molar-refractivity contribution is 0.0691. The molecule has 0 amide bonds. The minimum Gasteiger partial charge on any atom is -0.497 e. The number of aromatic carboxylic acids is 1. The summed E-state index contributed by atoms with van der Waals surface area (Å²) < 4.78 is 6.93. The number of hydrogen-bond donors (Lipinski definition) is 1. The van der Waals surface area contributed by atoms with E-state index in [1.165, 1.54) is 0 Å². The van der Waals surface area contributed by atoms with E-state index in [4.69, 9.17) is 4.74 Å². The van der Waals surface area contributed by atoms with Gasteiger partial charge in [-0.05, 0) is 60.9 Å². The van der Waals surface area contributed by atoms with E-state index in [9.17, 15) is 9.90 Å². The van der Waals surface area contributed by atoms with E-state index in [2.05, 4.69) is 10.1 Å². The van der Waals surface area contributed by atoms with Crippen LogP contribution in [-0.4, -0.2) is 33.0 Å². The zero-order valence-corrected chi connectivity index (χ0v) is 15.8. The van der Waals surface area contributed by atoms with Gasteiger partial charge in [-0.15, -0.1) is 0 Å².